The molecule has 2 rings (SSSR count). The molecule has 0 radical (unpaired) electrons. The molecule has 0 aromatic heterocycles. The maximum atomic E-state index is 6.18. The molecular formula is C19H23Cl2NO2. The third-order valence-electron chi connectivity index (χ3n) is 3.70. The average Bonchev–Trinajstić information content (AvgIpc) is 2.54. The topological polar surface area (TPSA) is 21.7 Å². The summed E-state index contributed by atoms with van der Waals surface area (Å²) in [5.74, 6) is 1.45. The molecule has 0 spiro atoms. The first kappa shape index (κ1) is 18.9. The van der Waals surface area contributed by atoms with E-state index in [-0.39, 0.29) is 0 Å². The minimum Gasteiger partial charge on any atom is -0.493 e. The molecule has 3 nitrogen and oxygen atoms in total. The van der Waals surface area contributed by atoms with Gasteiger partial charge in [0.15, 0.2) is 11.5 Å². The van der Waals surface area contributed by atoms with Gasteiger partial charge in [-0.25, -0.2) is 0 Å². The standard InChI is InChI=1S/C19H23Cl2NO2/c1-22(2)10-4-5-14-6-9-18(19(11-14)23-3)24-13-15-7-8-16(20)12-17(15)21/h6-9,11-12H,4-5,10,13H2,1-3H3. The number of methoxy groups -OCH3 is 1. The normalized spacial score (nSPS) is 10.9. The van der Waals surface area contributed by atoms with Gasteiger partial charge in [0.05, 0.1) is 7.11 Å². The van der Waals surface area contributed by atoms with Crippen molar-refractivity contribution in [3.8, 4) is 11.5 Å². The highest BCUT2D eigenvalue weighted by atomic mass is 35.5. The van der Waals surface area contributed by atoms with Gasteiger partial charge in [-0.2, -0.15) is 0 Å². The summed E-state index contributed by atoms with van der Waals surface area (Å²) in [7, 11) is 5.82. The molecule has 5 heteroatoms. The van der Waals surface area contributed by atoms with Crippen molar-refractivity contribution >= 4 is 23.2 Å². The summed E-state index contributed by atoms with van der Waals surface area (Å²) in [5, 5.41) is 1.21. The molecule has 130 valence electrons. The van der Waals surface area contributed by atoms with Gasteiger partial charge in [0.1, 0.15) is 6.61 Å². The predicted molar refractivity (Wildman–Crippen MR) is 101 cm³/mol. The lowest BCUT2D eigenvalue weighted by Crippen LogP contribution is -2.13. The van der Waals surface area contributed by atoms with Crippen molar-refractivity contribution < 1.29 is 9.47 Å². The minimum absolute atomic E-state index is 0.367. The first-order valence-electron chi connectivity index (χ1n) is 7.88. The second-order valence-corrected chi connectivity index (χ2v) is 6.76. The molecule has 0 atom stereocenters. The van der Waals surface area contributed by atoms with Crippen LogP contribution in [0, 0.1) is 0 Å². The zero-order valence-electron chi connectivity index (χ0n) is 14.3. The summed E-state index contributed by atoms with van der Waals surface area (Å²) < 4.78 is 11.3. The van der Waals surface area contributed by atoms with Crippen LogP contribution in [0.4, 0.5) is 0 Å². The zero-order valence-corrected chi connectivity index (χ0v) is 15.8. The summed E-state index contributed by atoms with van der Waals surface area (Å²) in [6, 6.07) is 11.5. The van der Waals surface area contributed by atoms with Crippen molar-refractivity contribution in [3.05, 3.63) is 57.6 Å². The molecular weight excluding hydrogens is 345 g/mol. The monoisotopic (exact) mass is 367 g/mol. The lowest BCUT2D eigenvalue weighted by Gasteiger charge is -2.14. The van der Waals surface area contributed by atoms with Gasteiger partial charge in [-0.1, -0.05) is 35.3 Å². The summed E-state index contributed by atoms with van der Waals surface area (Å²) in [6.45, 7) is 1.43. The molecule has 0 fully saturated rings. The van der Waals surface area contributed by atoms with Gasteiger partial charge in [-0.05, 0) is 63.3 Å². The van der Waals surface area contributed by atoms with Crippen LogP contribution in [0.3, 0.4) is 0 Å². The summed E-state index contributed by atoms with van der Waals surface area (Å²) in [6.07, 6.45) is 2.12. The van der Waals surface area contributed by atoms with E-state index in [1.165, 1.54) is 5.56 Å². The van der Waals surface area contributed by atoms with Crippen molar-refractivity contribution in [2.75, 3.05) is 27.7 Å². The predicted octanol–water partition coefficient (Wildman–Crippen LogP) is 5.08. The van der Waals surface area contributed by atoms with Gasteiger partial charge in [-0.3, -0.25) is 0 Å². The number of hydrogen-bond acceptors (Lipinski definition) is 3. The summed E-state index contributed by atoms with van der Waals surface area (Å²) in [4.78, 5) is 2.19. The Morgan fingerprint density at radius 1 is 1.00 bits per heavy atom. The van der Waals surface area contributed by atoms with E-state index in [0.717, 1.165) is 30.7 Å². The highest BCUT2D eigenvalue weighted by molar-refractivity contribution is 6.35. The van der Waals surface area contributed by atoms with E-state index in [1.807, 2.05) is 18.2 Å². The molecule has 0 aliphatic heterocycles. The van der Waals surface area contributed by atoms with Crippen molar-refractivity contribution in [2.45, 2.75) is 19.4 Å². The Bertz CT molecular complexity index is 674. The number of aryl methyl sites for hydroxylation is 1. The molecule has 2 aromatic carbocycles. The Kier molecular flexibility index (Phi) is 7.22. The average molecular weight is 368 g/mol. The number of ether oxygens (including phenoxy) is 2. The molecule has 0 heterocycles. The molecule has 24 heavy (non-hydrogen) atoms. The molecule has 0 N–H and O–H groups in total. The van der Waals surface area contributed by atoms with Gasteiger partial charge in [0.25, 0.3) is 0 Å². The Morgan fingerprint density at radius 2 is 1.79 bits per heavy atom. The molecule has 0 saturated heterocycles. The minimum atomic E-state index is 0.367. The van der Waals surface area contributed by atoms with Gasteiger partial charge < -0.3 is 14.4 Å². The molecule has 2 aromatic rings. The molecule has 0 bridgehead atoms. The number of nitrogens with zero attached hydrogens (tertiary/aromatic N) is 1. The van der Waals surface area contributed by atoms with Gasteiger partial charge in [0.2, 0.25) is 0 Å². The fourth-order valence-electron chi connectivity index (χ4n) is 2.38. The van der Waals surface area contributed by atoms with Gasteiger partial charge in [0, 0.05) is 15.6 Å². The fraction of sp³-hybridized carbons (Fsp3) is 0.368. The second-order valence-electron chi connectivity index (χ2n) is 5.92. The summed E-state index contributed by atoms with van der Waals surface area (Å²) in [5.41, 5.74) is 2.13. The van der Waals surface area contributed by atoms with E-state index < -0.39 is 0 Å². The van der Waals surface area contributed by atoms with E-state index in [1.54, 1.807) is 19.2 Å². The second kappa shape index (κ2) is 9.16. The third-order valence-corrected chi connectivity index (χ3v) is 4.28. The van der Waals surface area contributed by atoms with Crippen LogP contribution in [-0.4, -0.2) is 32.6 Å². The Balaban J connectivity index is 2.01. The van der Waals surface area contributed by atoms with Crippen molar-refractivity contribution in [3.63, 3.8) is 0 Å². The number of benzene rings is 2. The van der Waals surface area contributed by atoms with Crippen LogP contribution in [0.1, 0.15) is 17.5 Å². The van der Waals surface area contributed by atoms with Crippen molar-refractivity contribution in [1.29, 1.82) is 0 Å². The molecule has 0 unspecified atom stereocenters. The Labute approximate surface area is 154 Å². The lowest BCUT2D eigenvalue weighted by atomic mass is 10.1. The van der Waals surface area contributed by atoms with E-state index in [4.69, 9.17) is 32.7 Å². The molecule has 0 aliphatic rings. The Morgan fingerprint density at radius 3 is 2.46 bits per heavy atom. The van der Waals surface area contributed by atoms with Gasteiger partial charge in [-0.15, -0.1) is 0 Å². The molecule has 0 saturated carbocycles. The zero-order chi connectivity index (χ0) is 17.5. The van der Waals surface area contributed by atoms with Crippen LogP contribution in [0.2, 0.25) is 10.0 Å². The van der Waals surface area contributed by atoms with Crippen LogP contribution in [0.25, 0.3) is 0 Å². The summed E-state index contributed by atoms with van der Waals surface area (Å²) >= 11 is 12.1. The van der Waals surface area contributed by atoms with Gasteiger partial charge >= 0.3 is 0 Å². The number of rotatable bonds is 8. The smallest absolute Gasteiger partial charge is 0.161 e. The maximum absolute atomic E-state index is 6.18. The van der Waals surface area contributed by atoms with Crippen molar-refractivity contribution in [2.24, 2.45) is 0 Å². The van der Waals surface area contributed by atoms with Crippen LogP contribution in [0.15, 0.2) is 36.4 Å². The Hall–Kier alpha value is -1.42. The number of hydrogen-bond donors (Lipinski definition) is 0. The highest BCUT2D eigenvalue weighted by Crippen LogP contribution is 2.30. The highest BCUT2D eigenvalue weighted by Gasteiger charge is 2.08. The van der Waals surface area contributed by atoms with E-state index in [2.05, 4.69) is 25.1 Å². The number of halogens is 2. The lowest BCUT2D eigenvalue weighted by molar-refractivity contribution is 0.284. The molecule has 0 amide bonds. The van der Waals surface area contributed by atoms with Crippen LogP contribution in [-0.2, 0) is 13.0 Å². The van der Waals surface area contributed by atoms with E-state index >= 15 is 0 Å². The first-order chi connectivity index (χ1) is 11.5. The van der Waals surface area contributed by atoms with Crippen molar-refractivity contribution in [1.82, 2.24) is 4.90 Å². The quantitative estimate of drug-likeness (QED) is 0.649. The maximum Gasteiger partial charge on any atom is 0.161 e. The van der Waals surface area contributed by atoms with Crippen LogP contribution in [0.5, 0.6) is 11.5 Å². The van der Waals surface area contributed by atoms with E-state index in [9.17, 15) is 0 Å². The molecule has 0 aliphatic carbocycles. The first-order valence-corrected chi connectivity index (χ1v) is 8.63. The largest absolute Gasteiger partial charge is 0.493 e. The van der Waals surface area contributed by atoms with Crippen LogP contribution < -0.4 is 9.47 Å². The third kappa shape index (κ3) is 5.59. The van der Waals surface area contributed by atoms with Crippen LogP contribution >= 0.6 is 23.2 Å². The van der Waals surface area contributed by atoms with E-state index in [0.29, 0.717) is 22.4 Å². The fourth-order valence-corrected chi connectivity index (χ4v) is 2.84. The SMILES string of the molecule is COc1cc(CCCN(C)C)ccc1OCc1ccc(Cl)cc1Cl.